The van der Waals surface area contributed by atoms with E-state index < -0.39 is 0 Å². The summed E-state index contributed by atoms with van der Waals surface area (Å²) in [6, 6.07) is 7.05. The van der Waals surface area contributed by atoms with Gasteiger partial charge >= 0.3 is 0 Å². The number of hydrogen-bond donors (Lipinski definition) is 3. The zero-order chi connectivity index (χ0) is 18.1. The lowest BCUT2D eigenvalue weighted by molar-refractivity contribution is -0.862. The van der Waals surface area contributed by atoms with E-state index in [1.165, 1.54) is 11.9 Å². The third-order valence-corrected chi connectivity index (χ3v) is 3.35. The average molecular weight is 337 g/mol. The Morgan fingerprint density at radius 2 is 1.92 bits per heavy atom. The fraction of sp³-hybridized carbons (Fsp3) is 0.438. The molecule has 132 valence electrons. The van der Waals surface area contributed by atoms with Crippen molar-refractivity contribution in [1.82, 2.24) is 10.2 Å². The Bertz CT molecular complexity index is 591. The van der Waals surface area contributed by atoms with Crippen molar-refractivity contribution in [3.8, 4) is 5.75 Å². The van der Waals surface area contributed by atoms with Gasteiger partial charge in [-0.2, -0.15) is 0 Å². The van der Waals surface area contributed by atoms with E-state index in [9.17, 15) is 14.4 Å². The molecule has 8 heteroatoms. The highest BCUT2D eigenvalue weighted by molar-refractivity contribution is 5.91. The minimum absolute atomic E-state index is 0.00137. The van der Waals surface area contributed by atoms with Crippen LogP contribution in [0.15, 0.2) is 24.3 Å². The van der Waals surface area contributed by atoms with Crippen molar-refractivity contribution in [3.05, 3.63) is 24.3 Å². The van der Waals surface area contributed by atoms with Gasteiger partial charge in [-0.05, 0) is 12.1 Å². The highest BCUT2D eigenvalue weighted by atomic mass is 16.5. The molecule has 3 N–H and O–H groups in total. The Balaban J connectivity index is 2.45. The minimum atomic E-state index is -0.237. The van der Waals surface area contributed by atoms with E-state index in [1.54, 1.807) is 45.5 Å². The lowest BCUT2D eigenvalue weighted by atomic mass is 10.3. The van der Waals surface area contributed by atoms with Gasteiger partial charge in [-0.15, -0.1) is 0 Å². The number of rotatable bonds is 8. The summed E-state index contributed by atoms with van der Waals surface area (Å²) in [6.45, 7) is 0.258. The lowest BCUT2D eigenvalue weighted by Crippen LogP contribution is -3.11. The van der Waals surface area contributed by atoms with Crippen molar-refractivity contribution in [2.75, 3.05) is 53.2 Å². The Kier molecular flexibility index (Phi) is 7.70. The third-order valence-electron chi connectivity index (χ3n) is 3.35. The van der Waals surface area contributed by atoms with Crippen molar-refractivity contribution in [3.63, 3.8) is 0 Å². The minimum Gasteiger partial charge on any atom is -0.497 e. The molecule has 3 amide bonds. The van der Waals surface area contributed by atoms with Crippen LogP contribution in [-0.4, -0.2) is 70.5 Å². The van der Waals surface area contributed by atoms with Crippen molar-refractivity contribution in [2.45, 2.75) is 0 Å². The Morgan fingerprint density at radius 1 is 1.21 bits per heavy atom. The summed E-state index contributed by atoms with van der Waals surface area (Å²) in [5, 5.41) is 5.22. The van der Waals surface area contributed by atoms with Gasteiger partial charge in [-0.3, -0.25) is 14.4 Å². The SMILES string of the molecule is CNC(=O)CN(C)C(=O)C[NH+](C)CC(=O)Nc1cccc(OC)c1. The van der Waals surface area contributed by atoms with Crippen LogP contribution < -0.4 is 20.3 Å². The van der Waals surface area contributed by atoms with Gasteiger partial charge in [0.2, 0.25) is 5.91 Å². The molecule has 0 fully saturated rings. The molecular weight excluding hydrogens is 312 g/mol. The van der Waals surface area contributed by atoms with E-state index in [2.05, 4.69) is 10.6 Å². The van der Waals surface area contributed by atoms with Crippen LogP contribution in [0.4, 0.5) is 5.69 Å². The molecule has 0 saturated carbocycles. The number of carbonyl (C=O) groups excluding carboxylic acids is 3. The second-order valence-corrected chi connectivity index (χ2v) is 5.51. The van der Waals surface area contributed by atoms with Crippen molar-refractivity contribution < 1.29 is 24.0 Å². The molecule has 1 atom stereocenters. The molecule has 0 aromatic heterocycles. The number of nitrogens with one attached hydrogen (secondary N) is 3. The number of amides is 3. The van der Waals surface area contributed by atoms with Crippen LogP contribution in [0.2, 0.25) is 0 Å². The normalized spacial score (nSPS) is 11.3. The van der Waals surface area contributed by atoms with Crippen LogP contribution in [0.1, 0.15) is 0 Å². The van der Waals surface area contributed by atoms with Gasteiger partial charge in [-0.1, -0.05) is 6.07 Å². The molecule has 1 aromatic carbocycles. The number of quaternary nitrogens is 1. The average Bonchev–Trinajstić information content (AvgIpc) is 2.54. The molecule has 0 saturated heterocycles. The van der Waals surface area contributed by atoms with Crippen LogP contribution in [0.3, 0.4) is 0 Å². The van der Waals surface area contributed by atoms with E-state index >= 15 is 0 Å². The first kappa shape index (κ1) is 19.4. The van der Waals surface area contributed by atoms with Gasteiger partial charge in [0, 0.05) is 25.8 Å². The summed E-state index contributed by atoms with van der Waals surface area (Å²) in [7, 11) is 6.37. The summed E-state index contributed by atoms with van der Waals surface area (Å²) >= 11 is 0. The second kappa shape index (κ2) is 9.51. The molecule has 0 spiro atoms. The smallest absolute Gasteiger partial charge is 0.279 e. The quantitative estimate of drug-likeness (QED) is 0.530. The van der Waals surface area contributed by atoms with Crippen LogP contribution >= 0.6 is 0 Å². The largest absolute Gasteiger partial charge is 0.497 e. The van der Waals surface area contributed by atoms with Gasteiger partial charge in [0.1, 0.15) is 5.75 Å². The molecule has 24 heavy (non-hydrogen) atoms. The number of ether oxygens (including phenoxy) is 1. The molecular formula is C16H25N4O4+. The van der Waals surface area contributed by atoms with Gasteiger partial charge in [0.15, 0.2) is 13.1 Å². The predicted molar refractivity (Wildman–Crippen MR) is 89.9 cm³/mol. The number of hydrogen-bond acceptors (Lipinski definition) is 4. The van der Waals surface area contributed by atoms with Gasteiger partial charge in [0.25, 0.3) is 11.8 Å². The zero-order valence-electron chi connectivity index (χ0n) is 14.5. The maximum Gasteiger partial charge on any atom is 0.279 e. The maximum absolute atomic E-state index is 12.0. The van der Waals surface area contributed by atoms with Crippen LogP contribution in [0, 0.1) is 0 Å². The molecule has 1 unspecified atom stereocenters. The van der Waals surface area contributed by atoms with Crippen molar-refractivity contribution in [2.24, 2.45) is 0 Å². The molecule has 0 aliphatic heterocycles. The third kappa shape index (κ3) is 6.66. The molecule has 0 aliphatic carbocycles. The molecule has 0 bridgehead atoms. The van der Waals surface area contributed by atoms with Gasteiger partial charge in [0.05, 0.1) is 20.7 Å². The molecule has 0 heterocycles. The fourth-order valence-corrected chi connectivity index (χ4v) is 2.02. The summed E-state index contributed by atoms with van der Waals surface area (Å²) in [4.78, 5) is 37.4. The molecule has 0 aliphatic rings. The Hall–Kier alpha value is -2.61. The molecule has 8 nitrogen and oxygen atoms in total. The maximum atomic E-state index is 12.0. The second-order valence-electron chi connectivity index (χ2n) is 5.51. The van der Waals surface area contributed by atoms with Crippen LogP contribution in [0.25, 0.3) is 0 Å². The van der Waals surface area contributed by atoms with E-state index in [0.29, 0.717) is 11.4 Å². The van der Waals surface area contributed by atoms with E-state index in [1.807, 2.05) is 0 Å². The number of methoxy groups -OCH3 is 1. The monoisotopic (exact) mass is 337 g/mol. The highest BCUT2D eigenvalue weighted by Crippen LogP contribution is 2.16. The molecule has 0 radical (unpaired) electrons. The summed E-state index contributed by atoms with van der Waals surface area (Å²) in [5.74, 6) is 0.00608. The molecule has 1 aromatic rings. The van der Waals surface area contributed by atoms with Crippen molar-refractivity contribution >= 4 is 23.4 Å². The first-order valence-corrected chi connectivity index (χ1v) is 7.55. The Morgan fingerprint density at radius 3 is 2.54 bits per heavy atom. The van der Waals surface area contributed by atoms with E-state index in [4.69, 9.17) is 4.74 Å². The number of benzene rings is 1. The summed E-state index contributed by atoms with van der Waals surface area (Å²) in [6.07, 6.45) is 0. The van der Waals surface area contributed by atoms with Gasteiger partial charge < -0.3 is 25.2 Å². The first-order chi connectivity index (χ1) is 11.3. The highest BCUT2D eigenvalue weighted by Gasteiger charge is 2.18. The summed E-state index contributed by atoms with van der Waals surface area (Å²) < 4.78 is 5.10. The van der Waals surface area contributed by atoms with E-state index in [0.717, 1.165) is 4.90 Å². The standard InChI is InChI=1S/C16H24N4O4/c1-17-14(21)10-20(3)16(23)11-19(2)9-15(22)18-12-6-5-7-13(8-12)24-4/h5-8H,9-11H2,1-4H3,(H,17,21)(H,18,22)/p+1. The van der Waals surface area contributed by atoms with Crippen molar-refractivity contribution in [1.29, 1.82) is 0 Å². The zero-order valence-corrected chi connectivity index (χ0v) is 14.5. The summed E-state index contributed by atoms with van der Waals surface area (Å²) in [5.41, 5.74) is 0.634. The topological polar surface area (TPSA) is 92.2 Å². The first-order valence-electron chi connectivity index (χ1n) is 7.55. The number of nitrogens with zero attached hydrogens (tertiary/aromatic N) is 1. The van der Waals surface area contributed by atoms with E-state index in [-0.39, 0.29) is 37.4 Å². The predicted octanol–water partition coefficient (Wildman–Crippen LogP) is -1.65. The van der Waals surface area contributed by atoms with Gasteiger partial charge in [-0.25, -0.2) is 0 Å². The molecule has 1 rings (SSSR count). The lowest BCUT2D eigenvalue weighted by Gasteiger charge is -2.19. The van der Waals surface area contributed by atoms with Crippen LogP contribution in [-0.2, 0) is 14.4 Å². The fourth-order valence-electron chi connectivity index (χ4n) is 2.02. The number of carbonyl (C=O) groups is 3. The van der Waals surface area contributed by atoms with Crippen LogP contribution in [0.5, 0.6) is 5.75 Å². The number of anilines is 1. The number of likely N-dealkylation sites (N-methyl/N-ethyl adjacent to an activating group) is 3. The Labute approximate surface area is 141 Å².